The number of benzene rings is 3. The number of piperidine rings is 1. The molecule has 6 nitrogen and oxygen atoms in total. The molecule has 4 rings (SSSR count). The van der Waals surface area contributed by atoms with Crippen LogP contribution in [0.3, 0.4) is 0 Å². The van der Waals surface area contributed by atoms with Crippen molar-refractivity contribution in [3.8, 4) is 0 Å². The molecule has 1 aliphatic heterocycles. The van der Waals surface area contributed by atoms with Crippen molar-refractivity contribution < 1.29 is 13.2 Å². The van der Waals surface area contributed by atoms with Crippen LogP contribution in [0.4, 0.5) is 11.4 Å². The molecule has 3 aromatic rings. The molecule has 0 spiro atoms. The molecule has 0 saturated carbocycles. The highest BCUT2D eigenvalue weighted by Crippen LogP contribution is 2.23. The van der Waals surface area contributed by atoms with E-state index in [-0.39, 0.29) is 16.7 Å². The first-order valence-corrected chi connectivity index (χ1v) is 13.5. The zero-order valence-electron chi connectivity index (χ0n) is 19.0. The Labute approximate surface area is 209 Å². The Hall–Kier alpha value is -2.68. The maximum Gasteiger partial charge on any atom is 0.261 e. The van der Waals surface area contributed by atoms with Crippen LogP contribution in [-0.2, 0) is 21.4 Å². The first-order valence-electron chi connectivity index (χ1n) is 11.3. The van der Waals surface area contributed by atoms with E-state index in [0.717, 1.165) is 36.9 Å². The minimum atomic E-state index is -3.71. The van der Waals surface area contributed by atoms with Gasteiger partial charge in [0.15, 0.2) is 0 Å². The van der Waals surface area contributed by atoms with Crippen molar-refractivity contribution >= 4 is 43.2 Å². The molecular formula is C26H28BrN3O3S. The molecule has 0 aliphatic carbocycles. The lowest BCUT2D eigenvalue weighted by Gasteiger charge is -2.31. The Kier molecular flexibility index (Phi) is 7.70. The molecule has 1 amide bonds. The first kappa shape index (κ1) is 24.4. The average Bonchev–Trinajstić information content (AvgIpc) is 2.83. The summed E-state index contributed by atoms with van der Waals surface area (Å²) in [5, 5.41) is 2.94. The second-order valence-corrected chi connectivity index (χ2v) is 11.3. The number of halogens is 1. The van der Waals surface area contributed by atoms with E-state index in [1.807, 2.05) is 0 Å². The predicted octanol–water partition coefficient (Wildman–Crippen LogP) is 5.41. The molecular weight excluding hydrogens is 514 g/mol. The molecule has 34 heavy (non-hydrogen) atoms. The van der Waals surface area contributed by atoms with E-state index in [1.165, 1.54) is 23.3 Å². The Bertz CT molecular complexity index is 1220. The number of nitrogens with one attached hydrogen (secondary N) is 2. The number of carbonyl (C=O) groups is 1. The van der Waals surface area contributed by atoms with Crippen LogP contribution in [0.2, 0.25) is 0 Å². The van der Waals surface area contributed by atoms with Gasteiger partial charge in [0.1, 0.15) is 0 Å². The molecule has 1 aliphatic rings. The van der Waals surface area contributed by atoms with Crippen molar-refractivity contribution in [1.82, 2.24) is 4.90 Å². The van der Waals surface area contributed by atoms with Crippen LogP contribution < -0.4 is 10.0 Å². The summed E-state index contributed by atoms with van der Waals surface area (Å²) in [6.07, 6.45) is 1.61. The fourth-order valence-electron chi connectivity index (χ4n) is 4.00. The number of hydrogen-bond acceptors (Lipinski definition) is 4. The lowest BCUT2D eigenvalue weighted by Crippen LogP contribution is -2.37. The van der Waals surface area contributed by atoms with Gasteiger partial charge in [0.05, 0.1) is 4.90 Å². The van der Waals surface area contributed by atoms with E-state index in [9.17, 15) is 13.2 Å². The highest BCUT2D eigenvalue weighted by Gasteiger charge is 2.25. The second-order valence-electron chi connectivity index (χ2n) is 8.66. The van der Waals surface area contributed by atoms with Gasteiger partial charge in [-0.15, -0.1) is 0 Å². The number of aryl methyl sites for hydroxylation is 1. The molecule has 2 N–H and O–H groups in total. The monoisotopic (exact) mass is 541 g/mol. The van der Waals surface area contributed by atoms with Gasteiger partial charge in [-0.2, -0.15) is 0 Å². The number of rotatable bonds is 7. The fraction of sp³-hybridized carbons (Fsp3) is 0.269. The predicted molar refractivity (Wildman–Crippen MR) is 139 cm³/mol. The maximum absolute atomic E-state index is 12.8. The van der Waals surface area contributed by atoms with Crippen molar-refractivity contribution in [2.45, 2.75) is 31.2 Å². The molecule has 1 fully saturated rings. The molecule has 8 heteroatoms. The average molecular weight is 542 g/mol. The quantitative estimate of drug-likeness (QED) is 0.419. The number of likely N-dealkylation sites (tertiary alicyclic amines) is 1. The van der Waals surface area contributed by atoms with Crippen molar-refractivity contribution in [2.24, 2.45) is 5.92 Å². The van der Waals surface area contributed by atoms with E-state index in [0.29, 0.717) is 11.4 Å². The van der Waals surface area contributed by atoms with Gasteiger partial charge in [0.25, 0.3) is 10.0 Å². The van der Waals surface area contributed by atoms with Crippen molar-refractivity contribution in [3.63, 3.8) is 0 Å². The maximum atomic E-state index is 12.8. The Balaban J connectivity index is 1.29. The van der Waals surface area contributed by atoms with E-state index >= 15 is 0 Å². The van der Waals surface area contributed by atoms with Gasteiger partial charge in [0.2, 0.25) is 5.91 Å². The third kappa shape index (κ3) is 6.46. The first-order chi connectivity index (χ1) is 16.3. The lowest BCUT2D eigenvalue weighted by molar-refractivity contribution is -0.121. The van der Waals surface area contributed by atoms with Gasteiger partial charge in [0, 0.05) is 28.3 Å². The molecule has 0 bridgehead atoms. The highest BCUT2D eigenvalue weighted by atomic mass is 79.9. The van der Waals surface area contributed by atoms with E-state index in [4.69, 9.17) is 0 Å². The van der Waals surface area contributed by atoms with Crippen LogP contribution in [0.1, 0.15) is 24.0 Å². The number of anilines is 2. The molecule has 0 unspecified atom stereocenters. The van der Waals surface area contributed by atoms with Crippen LogP contribution in [-0.4, -0.2) is 32.3 Å². The van der Waals surface area contributed by atoms with E-state index < -0.39 is 10.0 Å². The zero-order chi connectivity index (χ0) is 24.1. The molecule has 3 aromatic carbocycles. The number of nitrogens with zero attached hydrogens (tertiary/aromatic N) is 1. The normalized spacial score (nSPS) is 15.1. The SMILES string of the molecule is Cc1ccc(CN2CCC(C(=O)Nc3ccc(S(=O)(=O)Nc4ccc(Br)cc4)cc3)CC2)cc1. The van der Waals surface area contributed by atoms with Crippen LogP contribution in [0.25, 0.3) is 0 Å². The van der Waals surface area contributed by atoms with Gasteiger partial charge in [-0.1, -0.05) is 45.8 Å². The summed E-state index contributed by atoms with van der Waals surface area (Å²) in [5.74, 6) is -0.0599. The van der Waals surface area contributed by atoms with Gasteiger partial charge < -0.3 is 5.32 Å². The smallest absolute Gasteiger partial charge is 0.261 e. The summed E-state index contributed by atoms with van der Waals surface area (Å²) in [6.45, 7) is 4.75. The second kappa shape index (κ2) is 10.7. The van der Waals surface area contributed by atoms with Crippen LogP contribution in [0.5, 0.6) is 0 Å². The summed E-state index contributed by atoms with van der Waals surface area (Å²) in [4.78, 5) is 15.3. The lowest BCUT2D eigenvalue weighted by atomic mass is 9.95. The van der Waals surface area contributed by atoms with Crippen molar-refractivity contribution in [2.75, 3.05) is 23.1 Å². The third-order valence-corrected chi connectivity index (χ3v) is 7.94. The van der Waals surface area contributed by atoms with E-state index in [1.54, 1.807) is 36.4 Å². The molecule has 0 radical (unpaired) electrons. The van der Waals surface area contributed by atoms with E-state index in [2.05, 4.69) is 62.1 Å². The molecule has 1 heterocycles. The fourth-order valence-corrected chi connectivity index (χ4v) is 5.32. The number of hydrogen-bond donors (Lipinski definition) is 2. The summed E-state index contributed by atoms with van der Waals surface area (Å²) >= 11 is 3.33. The van der Waals surface area contributed by atoms with Gasteiger partial charge >= 0.3 is 0 Å². The Morgan fingerprint density at radius 2 is 1.50 bits per heavy atom. The Morgan fingerprint density at radius 3 is 2.12 bits per heavy atom. The third-order valence-electron chi connectivity index (χ3n) is 6.01. The zero-order valence-corrected chi connectivity index (χ0v) is 21.4. The number of sulfonamides is 1. The summed E-state index contributed by atoms with van der Waals surface area (Å²) in [5.41, 5.74) is 3.62. The standard InChI is InChI=1S/C26H28BrN3O3S/c1-19-2-4-20(5-3-19)18-30-16-14-21(15-17-30)26(31)28-23-10-12-25(13-11-23)34(32,33)29-24-8-6-22(27)7-9-24/h2-13,21,29H,14-18H2,1H3,(H,28,31). The minimum absolute atomic E-state index is 0.0152. The van der Waals surface area contributed by atoms with Gasteiger partial charge in [-0.25, -0.2) is 8.42 Å². The molecule has 0 aromatic heterocycles. The highest BCUT2D eigenvalue weighted by molar-refractivity contribution is 9.10. The Morgan fingerprint density at radius 1 is 0.912 bits per heavy atom. The largest absolute Gasteiger partial charge is 0.326 e. The van der Waals surface area contributed by atoms with Crippen LogP contribution >= 0.6 is 15.9 Å². The summed E-state index contributed by atoms with van der Waals surface area (Å²) in [7, 11) is -3.71. The van der Waals surface area contributed by atoms with Gasteiger partial charge in [-0.05, 0) is 86.9 Å². The molecule has 178 valence electrons. The van der Waals surface area contributed by atoms with Crippen molar-refractivity contribution in [1.29, 1.82) is 0 Å². The molecule has 0 atom stereocenters. The van der Waals surface area contributed by atoms with Crippen LogP contribution in [0, 0.1) is 12.8 Å². The minimum Gasteiger partial charge on any atom is -0.326 e. The summed E-state index contributed by atoms with van der Waals surface area (Å²) < 4.78 is 28.7. The van der Waals surface area contributed by atoms with Crippen molar-refractivity contribution in [3.05, 3.63) is 88.4 Å². The number of amides is 1. The van der Waals surface area contributed by atoms with Crippen LogP contribution in [0.15, 0.2) is 82.2 Å². The summed E-state index contributed by atoms with van der Waals surface area (Å²) in [6, 6.07) is 21.7. The number of carbonyl (C=O) groups excluding carboxylic acids is 1. The topological polar surface area (TPSA) is 78.5 Å². The molecule has 1 saturated heterocycles. The van der Waals surface area contributed by atoms with Gasteiger partial charge in [-0.3, -0.25) is 14.4 Å².